The number of nitrogens with two attached hydrogens (primary N) is 1. The second kappa shape index (κ2) is 7.36. The lowest BCUT2D eigenvalue weighted by Gasteiger charge is -2.31. The Morgan fingerprint density at radius 3 is 2.67 bits per heavy atom. The molecular formula is C19H23N3O2. The molecule has 5 nitrogen and oxygen atoms in total. The number of benzene rings is 2. The van der Waals surface area contributed by atoms with E-state index in [0.717, 1.165) is 31.9 Å². The number of hydrogen-bond donors (Lipinski definition) is 1. The van der Waals surface area contributed by atoms with Crippen molar-refractivity contribution in [2.75, 3.05) is 44.0 Å². The second-order valence-corrected chi connectivity index (χ2v) is 6.01. The molecular weight excluding hydrogens is 302 g/mol. The normalized spacial score (nSPS) is 14.5. The molecule has 0 unspecified atom stereocenters. The summed E-state index contributed by atoms with van der Waals surface area (Å²) in [6.45, 7) is 3.80. The summed E-state index contributed by atoms with van der Waals surface area (Å²) in [7, 11) is 1.82. The molecule has 1 aliphatic heterocycles. The first kappa shape index (κ1) is 16.3. The zero-order chi connectivity index (χ0) is 16.9. The molecule has 0 aliphatic carbocycles. The zero-order valence-corrected chi connectivity index (χ0v) is 13.9. The first-order valence-corrected chi connectivity index (χ1v) is 8.17. The number of ether oxygens (including phenoxy) is 1. The molecule has 1 fully saturated rings. The maximum Gasteiger partial charge on any atom is 0.253 e. The molecule has 2 aromatic rings. The van der Waals surface area contributed by atoms with Crippen LogP contribution in [-0.4, -0.2) is 44.2 Å². The fraction of sp³-hybridized carbons (Fsp3) is 0.316. The number of nitrogen functional groups attached to an aromatic ring is 1. The molecule has 0 radical (unpaired) electrons. The maximum atomic E-state index is 12.6. The average Bonchev–Trinajstić information content (AvgIpc) is 2.62. The van der Waals surface area contributed by atoms with E-state index in [0.29, 0.717) is 17.8 Å². The third kappa shape index (κ3) is 3.68. The number of carbonyl (C=O) groups is 1. The minimum atomic E-state index is -0.0286. The molecule has 2 N–H and O–H groups in total. The Kier molecular flexibility index (Phi) is 5.01. The largest absolute Gasteiger partial charge is 0.399 e. The fourth-order valence-electron chi connectivity index (χ4n) is 2.98. The van der Waals surface area contributed by atoms with Gasteiger partial charge in [0, 0.05) is 43.6 Å². The summed E-state index contributed by atoms with van der Waals surface area (Å²) in [5, 5.41) is 0. The number of morpholine rings is 1. The van der Waals surface area contributed by atoms with E-state index in [-0.39, 0.29) is 5.91 Å². The molecule has 5 heteroatoms. The van der Waals surface area contributed by atoms with E-state index < -0.39 is 0 Å². The Balaban J connectivity index is 1.76. The van der Waals surface area contributed by atoms with Crippen LogP contribution < -0.4 is 10.6 Å². The summed E-state index contributed by atoms with van der Waals surface area (Å²) < 4.78 is 5.43. The standard InChI is InChI=1S/C19H23N3O2/c1-21(19(23)15-6-4-7-17(20)13-15)14-16-5-2-3-8-18(16)22-9-11-24-12-10-22/h2-8,13H,9-12,14,20H2,1H3. The molecule has 1 saturated heterocycles. The van der Waals surface area contributed by atoms with Gasteiger partial charge in [-0.1, -0.05) is 24.3 Å². The van der Waals surface area contributed by atoms with E-state index in [2.05, 4.69) is 17.0 Å². The number of amides is 1. The number of anilines is 2. The summed E-state index contributed by atoms with van der Waals surface area (Å²) in [5.41, 5.74) is 9.31. The van der Waals surface area contributed by atoms with Crippen LogP contribution in [0.4, 0.5) is 11.4 Å². The van der Waals surface area contributed by atoms with Gasteiger partial charge in [0.1, 0.15) is 0 Å². The van der Waals surface area contributed by atoms with Crippen molar-refractivity contribution in [1.82, 2.24) is 4.90 Å². The molecule has 2 aromatic carbocycles. The Morgan fingerprint density at radius 2 is 1.92 bits per heavy atom. The van der Waals surface area contributed by atoms with E-state index in [1.807, 2.05) is 19.2 Å². The van der Waals surface area contributed by atoms with E-state index in [4.69, 9.17) is 10.5 Å². The highest BCUT2D eigenvalue weighted by atomic mass is 16.5. The topological polar surface area (TPSA) is 58.8 Å². The van der Waals surface area contributed by atoms with Crippen LogP contribution in [0.3, 0.4) is 0 Å². The number of rotatable bonds is 4. The third-order valence-corrected chi connectivity index (χ3v) is 4.23. The molecule has 126 valence electrons. The highest BCUT2D eigenvalue weighted by Crippen LogP contribution is 2.23. The monoisotopic (exact) mass is 325 g/mol. The average molecular weight is 325 g/mol. The predicted octanol–water partition coefficient (Wildman–Crippen LogP) is 2.38. The van der Waals surface area contributed by atoms with Gasteiger partial charge in [0.25, 0.3) is 5.91 Å². The van der Waals surface area contributed by atoms with Crippen molar-refractivity contribution in [3.05, 3.63) is 59.7 Å². The third-order valence-electron chi connectivity index (χ3n) is 4.23. The summed E-state index contributed by atoms with van der Waals surface area (Å²) in [4.78, 5) is 16.7. The van der Waals surface area contributed by atoms with Crippen molar-refractivity contribution in [3.8, 4) is 0 Å². The minimum absolute atomic E-state index is 0.0286. The zero-order valence-electron chi connectivity index (χ0n) is 13.9. The molecule has 0 spiro atoms. The highest BCUT2D eigenvalue weighted by Gasteiger charge is 2.17. The Hall–Kier alpha value is -2.53. The fourth-order valence-corrected chi connectivity index (χ4v) is 2.98. The van der Waals surface area contributed by atoms with Crippen LogP contribution >= 0.6 is 0 Å². The van der Waals surface area contributed by atoms with Crippen LogP contribution in [0.2, 0.25) is 0 Å². The summed E-state index contributed by atoms with van der Waals surface area (Å²) in [6.07, 6.45) is 0. The molecule has 1 amide bonds. The number of hydrogen-bond acceptors (Lipinski definition) is 4. The van der Waals surface area contributed by atoms with Crippen LogP contribution in [0.1, 0.15) is 15.9 Å². The SMILES string of the molecule is CN(Cc1ccccc1N1CCOCC1)C(=O)c1cccc(N)c1. The van der Waals surface area contributed by atoms with Crippen molar-refractivity contribution < 1.29 is 9.53 Å². The first-order valence-electron chi connectivity index (χ1n) is 8.17. The maximum absolute atomic E-state index is 12.6. The van der Waals surface area contributed by atoms with E-state index in [1.54, 1.807) is 29.2 Å². The second-order valence-electron chi connectivity index (χ2n) is 6.01. The van der Waals surface area contributed by atoms with Crippen LogP contribution in [-0.2, 0) is 11.3 Å². The van der Waals surface area contributed by atoms with Crippen LogP contribution in [0, 0.1) is 0 Å². The molecule has 0 aromatic heterocycles. The van der Waals surface area contributed by atoms with Gasteiger partial charge >= 0.3 is 0 Å². The quantitative estimate of drug-likeness (QED) is 0.877. The number of nitrogens with zero attached hydrogens (tertiary/aromatic N) is 2. The Bertz CT molecular complexity index is 711. The molecule has 1 aliphatic rings. The van der Waals surface area contributed by atoms with E-state index >= 15 is 0 Å². The Morgan fingerprint density at radius 1 is 1.17 bits per heavy atom. The minimum Gasteiger partial charge on any atom is -0.399 e. The molecule has 1 heterocycles. The van der Waals surface area contributed by atoms with Gasteiger partial charge in [0.15, 0.2) is 0 Å². The van der Waals surface area contributed by atoms with Crippen LogP contribution in [0.15, 0.2) is 48.5 Å². The van der Waals surface area contributed by atoms with Crippen molar-refractivity contribution in [1.29, 1.82) is 0 Å². The highest BCUT2D eigenvalue weighted by molar-refractivity contribution is 5.94. The van der Waals surface area contributed by atoms with E-state index in [9.17, 15) is 4.79 Å². The number of para-hydroxylation sites is 1. The molecule has 0 bridgehead atoms. The smallest absolute Gasteiger partial charge is 0.253 e. The van der Waals surface area contributed by atoms with Gasteiger partial charge in [0.05, 0.1) is 13.2 Å². The van der Waals surface area contributed by atoms with Gasteiger partial charge in [-0.25, -0.2) is 0 Å². The van der Waals surface area contributed by atoms with Gasteiger partial charge in [-0.3, -0.25) is 4.79 Å². The first-order chi connectivity index (χ1) is 11.6. The molecule has 3 rings (SSSR count). The van der Waals surface area contributed by atoms with Crippen molar-refractivity contribution in [2.45, 2.75) is 6.54 Å². The van der Waals surface area contributed by atoms with Gasteiger partial charge < -0.3 is 20.3 Å². The lowest BCUT2D eigenvalue weighted by Crippen LogP contribution is -2.37. The number of carbonyl (C=O) groups excluding carboxylic acids is 1. The van der Waals surface area contributed by atoms with Crippen LogP contribution in [0.25, 0.3) is 0 Å². The molecule has 0 atom stereocenters. The summed E-state index contributed by atoms with van der Waals surface area (Å²) >= 11 is 0. The Labute approximate surface area is 142 Å². The van der Waals surface area contributed by atoms with Crippen molar-refractivity contribution in [3.63, 3.8) is 0 Å². The van der Waals surface area contributed by atoms with Gasteiger partial charge in [0.2, 0.25) is 0 Å². The lowest BCUT2D eigenvalue weighted by molar-refractivity contribution is 0.0785. The summed E-state index contributed by atoms with van der Waals surface area (Å²) in [5.74, 6) is -0.0286. The molecule has 24 heavy (non-hydrogen) atoms. The lowest BCUT2D eigenvalue weighted by atomic mass is 10.1. The predicted molar refractivity (Wildman–Crippen MR) is 96.1 cm³/mol. The van der Waals surface area contributed by atoms with Crippen LogP contribution in [0.5, 0.6) is 0 Å². The van der Waals surface area contributed by atoms with Crippen molar-refractivity contribution >= 4 is 17.3 Å². The summed E-state index contributed by atoms with van der Waals surface area (Å²) in [6, 6.07) is 15.3. The van der Waals surface area contributed by atoms with E-state index in [1.165, 1.54) is 5.69 Å². The van der Waals surface area contributed by atoms with Gasteiger partial charge in [-0.05, 0) is 29.8 Å². The van der Waals surface area contributed by atoms with Gasteiger partial charge in [-0.2, -0.15) is 0 Å². The molecule has 0 saturated carbocycles. The van der Waals surface area contributed by atoms with Crippen molar-refractivity contribution in [2.24, 2.45) is 0 Å². The van der Waals surface area contributed by atoms with Gasteiger partial charge in [-0.15, -0.1) is 0 Å².